The number of thioether (sulfide) groups is 1. The zero-order valence-electron chi connectivity index (χ0n) is 9.39. The third kappa shape index (κ3) is 8.72. The van der Waals surface area contributed by atoms with E-state index in [1.807, 2.05) is 6.92 Å². The van der Waals surface area contributed by atoms with E-state index in [1.165, 1.54) is 0 Å². The first-order valence-corrected chi connectivity index (χ1v) is 7.59. The standard InChI is InChI=1S/C9H17NO4S2/c1-7(16(2)14)3-4-10-8(11)5-15-6-9(12)13/h7H,3-6H2,1-2H3,(H,10,11)(H,12,13). The molecule has 5 nitrogen and oxygen atoms in total. The highest BCUT2D eigenvalue weighted by Gasteiger charge is 2.07. The van der Waals surface area contributed by atoms with Gasteiger partial charge in [0.05, 0.1) is 11.5 Å². The van der Waals surface area contributed by atoms with Gasteiger partial charge in [-0.05, 0) is 6.42 Å². The van der Waals surface area contributed by atoms with Crippen molar-refractivity contribution < 1.29 is 18.9 Å². The number of carboxylic acids is 1. The Bertz CT molecular complexity index is 270. The molecule has 2 atom stereocenters. The molecule has 0 aliphatic rings. The maximum Gasteiger partial charge on any atom is 0.313 e. The summed E-state index contributed by atoms with van der Waals surface area (Å²) < 4.78 is 11.0. The molecule has 1 amide bonds. The molecule has 0 saturated carbocycles. The van der Waals surface area contributed by atoms with Crippen LogP contribution in [0.5, 0.6) is 0 Å². The Labute approximate surface area is 102 Å². The van der Waals surface area contributed by atoms with Crippen molar-refractivity contribution in [2.45, 2.75) is 18.6 Å². The summed E-state index contributed by atoms with van der Waals surface area (Å²) in [5, 5.41) is 11.1. The van der Waals surface area contributed by atoms with E-state index in [2.05, 4.69) is 5.32 Å². The van der Waals surface area contributed by atoms with Crippen LogP contribution in [-0.2, 0) is 20.4 Å². The van der Waals surface area contributed by atoms with Crippen molar-refractivity contribution in [3.8, 4) is 0 Å². The van der Waals surface area contributed by atoms with Gasteiger partial charge in [-0.2, -0.15) is 0 Å². The lowest BCUT2D eigenvalue weighted by atomic mass is 10.3. The summed E-state index contributed by atoms with van der Waals surface area (Å²) in [7, 11) is -0.871. The van der Waals surface area contributed by atoms with Crippen molar-refractivity contribution in [3.05, 3.63) is 0 Å². The van der Waals surface area contributed by atoms with Gasteiger partial charge >= 0.3 is 5.97 Å². The summed E-state index contributed by atoms with van der Waals surface area (Å²) in [6.45, 7) is 2.34. The Kier molecular flexibility index (Phi) is 8.28. The van der Waals surface area contributed by atoms with E-state index < -0.39 is 16.8 Å². The molecule has 2 N–H and O–H groups in total. The molecule has 0 fully saturated rings. The molecule has 7 heteroatoms. The number of carbonyl (C=O) groups excluding carboxylic acids is 1. The van der Waals surface area contributed by atoms with Crippen molar-refractivity contribution in [3.63, 3.8) is 0 Å². The Morgan fingerprint density at radius 2 is 2.06 bits per heavy atom. The zero-order chi connectivity index (χ0) is 12.6. The summed E-state index contributed by atoms with van der Waals surface area (Å²) in [6.07, 6.45) is 2.30. The van der Waals surface area contributed by atoms with Gasteiger partial charge in [-0.15, -0.1) is 11.8 Å². The van der Waals surface area contributed by atoms with Gasteiger partial charge in [-0.1, -0.05) is 6.92 Å². The molecule has 0 aromatic rings. The van der Waals surface area contributed by atoms with Crippen LogP contribution in [0.1, 0.15) is 13.3 Å². The van der Waals surface area contributed by atoms with Gasteiger partial charge in [0, 0.05) is 28.9 Å². The fourth-order valence-corrected chi connectivity index (χ4v) is 1.88. The topological polar surface area (TPSA) is 83.5 Å². The van der Waals surface area contributed by atoms with Crippen LogP contribution in [0.15, 0.2) is 0 Å². The number of hydrogen-bond acceptors (Lipinski definition) is 4. The quantitative estimate of drug-likeness (QED) is 0.650. The lowest BCUT2D eigenvalue weighted by Gasteiger charge is -2.08. The number of nitrogens with one attached hydrogen (secondary N) is 1. The Hall–Kier alpha value is -0.560. The Morgan fingerprint density at radius 3 is 2.56 bits per heavy atom. The molecule has 0 aromatic heterocycles. The molecular weight excluding hydrogens is 250 g/mol. The minimum absolute atomic E-state index is 0.0620. The van der Waals surface area contributed by atoms with E-state index in [0.29, 0.717) is 13.0 Å². The van der Waals surface area contributed by atoms with Crippen LogP contribution >= 0.6 is 11.8 Å². The molecule has 0 saturated heterocycles. The molecule has 0 spiro atoms. The maximum atomic E-state index is 11.2. The summed E-state index contributed by atoms with van der Waals surface area (Å²) >= 11 is 1.06. The van der Waals surface area contributed by atoms with Gasteiger partial charge in [0.1, 0.15) is 0 Å². The molecule has 2 unspecified atom stereocenters. The third-order valence-corrected chi connectivity index (χ3v) is 4.18. The molecular formula is C9H17NO4S2. The number of carboxylic acid groups (broad SMARTS) is 1. The van der Waals surface area contributed by atoms with Crippen LogP contribution in [-0.4, -0.2) is 50.7 Å². The summed E-state index contributed by atoms with van der Waals surface area (Å²) in [5.74, 6) is -1.02. The smallest absolute Gasteiger partial charge is 0.313 e. The summed E-state index contributed by atoms with van der Waals surface area (Å²) in [5.41, 5.74) is 0. The zero-order valence-corrected chi connectivity index (χ0v) is 11.0. The molecule has 0 rings (SSSR count). The van der Waals surface area contributed by atoms with Crippen molar-refractivity contribution in [1.29, 1.82) is 0 Å². The van der Waals surface area contributed by atoms with Gasteiger partial charge in [0.25, 0.3) is 0 Å². The number of carbonyl (C=O) groups is 2. The fraction of sp³-hybridized carbons (Fsp3) is 0.778. The van der Waals surface area contributed by atoms with E-state index >= 15 is 0 Å². The van der Waals surface area contributed by atoms with Gasteiger partial charge in [-0.25, -0.2) is 0 Å². The lowest BCUT2D eigenvalue weighted by Crippen LogP contribution is -2.29. The number of amides is 1. The molecule has 0 aliphatic heterocycles. The van der Waals surface area contributed by atoms with E-state index in [1.54, 1.807) is 6.26 Å². The van der Waals surface area contributed by atoms with Gasteiger partial charge < -0.3 is 10.4 Å². The maximum absolute atomic E-state index is 11.2. The molecule has 0 aliphatic carbocycles. The second-order valence-corrected chi connectivity index (χ2v) is 6.12. The molecule has 0 bridgehead atoms. The van der Waals surface area contributed by atoms with Crippen LogP contribution in [0.25, 0.3) is 0 Å². The van der Waals surface area contributed by atoms with Gasteiger partial charge in [0.2, 0.25) is 5.91 Å². The lowest BCUT2D eigenvalue weighted by molar-refractivity contribution is -0.133. The first-order valence-electron chi connectivity index (χ1n) is 4.82. The normalized spacial score (nSPS) is 14.1. The van der Waals surface area contributed by atoms with Crippen LogP contribution in [0.2, 0.25) is 0 Å². The van der Waals surface area contributed by atoms with E-state index in [0.717, 1.165) is 11.8 Å². The van der Waals surface area contributed by atoms with Crippen molar-refractivity contribution in [1.82, 2.24) is 5.32 Å². The average molecular weight is 267 g/mol. The number of aliphatic carboxylic acids is 1. The van der Waals surface area contributed by atoms with E-state index in [9.17, 15) is 13.8 Å². The van der Waals surface area contributed by atoms with Crippen molar-refractivity contribution >= 4 is 34.4 Å². The fourth-order valence-electron chi connectivity index (χ4n) is 0.863. The van der Waals surface area contributed by atoms with Crippen LogP contribution in [0, 0.1) is 0 Å². The highest BCUT2D eigenvalue weighted by molar-refractivity contribution is 8.00. The number of hydrogen-bond donors (Lipinski definition) is 2. The second-order valence-electron chi connectivity index (χ2n) is 3.33. The minimum atomic E-state index is -0.923. The van der Waals surface area contributed by atoms with Crippen LogP contribution in [0.4, 0.5) is 0 Å². The van der Waals surface area contributed by atoms with Gasteiger partial charge in [0.15, 0.2) is 0 Å². The molecule has 0 heterocycles. The molecule has 94 valence electrons. The van der Waals surface area contributed by atoms with Gasteiger partial charge in [-0.3, -0.25) is 13.8 Å². The minimum Gasteiger partial charge on any atom is -0.481 e. The molecule has 0 aromatic carbocycles. The molecule has 0 radical (unpaired) electrons. The van der Waals surface area contributed by atoms with Crippen molar-refractivity contribution in [2.24, 2.45) is 0 Å². The van der Waals surface area contributed by atoms with Crippen LogP contribution < -0.4 is 5.32 Å². The van der Waals surface area contributed by atoms with E-state index in [4.69, 9.17) is 5.11 Å². The first-order chi connectivity index (χ1) is 7.43. The second kappa shape index (κ2) is 8.58. The van der Waals surface area contributed by atoms with Crippen molar-refractivity contribution in [2.75, 3.05) is 24.3 Å². The first kappa shape index (κ1) is 15.4. The van der Waals surface area contributed by atoms with Crippen LogP contribution in [0.3, 0.4) is 0 Å². The average Bonchev–Trinajstić information content (AvgIpc) is 2.16. The highest BCUT2D eigenvalue weighted by atomic mass is 32.2. The summed E-state index contributed by atoms with van der Waals surface area (Å²) in [6, 6.07) is 0. The number of rotatable bonds is 8. The molecule has 16 heavy (non-hydrogen) atoms. The largest absolute Gasteiger partial charge is 0.481 e. The third-order valence-electron chi connectivity index (χ3n) is 1.90. The SMILES string of the molecule is CC(CCNC(=O)CSCC(=O)O)S(C)=O. The predicted octanol–water partition coefficient (Wildman–Crippen LogP) is 0.0775. The Balaban J connectivity index is 3.51. The van der Waals surface area contributed by atoms with E-state index in [-0.39, 0.29) is 22.7 Å². The predicted molar refractivity (Wildman–Crippen MR) is 66.1 cm³/mol. The monoisotopic (exact) mass is 267 g/mol. The highest BCUT2D eigenvalue weighted by Crippen LogP contribution is 2.00. The Morgan fingerprint density at radius 1 is 1.44 bits per heavy atom. The summed E-state index contributed by atoms with van der Waals surface area (Å²) in [4.78, 5) is 21.3.